The Morgan fingerprint density at radius 2 is 1.87 bits per heavy atom. The number of rotatable bonds is 0. The molecule has 1 aromatic carbocycles. The standard InChI is InChI=1S/C10H8F3NS/c1-5-3-9-8(14-6(2)15-9)4-7(5)10(11,12)13/h3-4H,1-2H3. The molecule has 0 aliphatic rings. The molecule has 0 fully saturated rings. The minimum atomic E-state index is -4.30. The highest BCUT2D eigenvalue weighted by Gasteiger charge is 2.32. The largest absolute Gasteiger partial charge is 0.416 e. The highest BCUT2D eigenvalue weighted by Crippen LogP contribution is 2.35. The van der Waals surface area contributed by atoms with Crippen molar-refractivity contribution in [3.05, 3.63) is 28.3 Å². The Morgan fingerprint density at radius 3 is 2.47 bits per heavy atom. The number of benzene rings is 1. The number of alkyl halides is 3. The third-order valence-corrected chi connectivity index (χ3v) is 3.08. The van der Waals surface area contributed by atoms with E-state index in [0.29, 0.717) is 5.52 Å². The number of thiazole rings is 1. The van der Waals surface area contributed by atoms with Crippen LogP contribution in [0.3, 0.4) is 0 Å². The van der Waals surface area contributed by atoms with Crippen LogP contribution in [0, 0.1) is 13.8 Å². The van der Waals surface area contributed by atoms with Crippen LogP contribution in [0.4, 0.5) is 13.2 Å². The van der Waals surface area contributed by atoms with Gasteiger partial charge in [0.05, 0.1) is 20.8 Å². The molecule has 0 atom stereocenters. The maximum absolute atomic E-state index is 12.6. The lowest BCUT2D eigenvalue weighted by Crippen LogP contribution is -2.07. The molecule has 5 heteroatoms. The Bertz CT molecular complexity index is 513. The molecule has 0 bridgehead atoms. The zero-order valence-corrected chi connectivity index (χ0v) is 8.96. The van der Waals surface area contributed by atoms with Gasteiger partial charge in [0, 0.05) is 0 Å². The third kappa shape index (κ3) is 1.84. The minimum Gasteiger partial charge on any atom is -0.241 e. The van der Waals surface area contributed by atoms with Gasteiger partial charge in [0.15, 0.2) is 0 Å². The number of nitrogens with zero attached hydrogens (tertiary/aromatic N) is 1. The molecule has 0 radical (unpaired) electrons. The molecule has 0 aliphatic carbocycles. The first-order valence-corrected chi connectivity index (χ1v) is 5.14. The Kier molecular flexibility index (Phi) is 2.22. The van der Waals surface area contributed by atoms with Crippen LogP contribution in [-0.2, 0) is 6.18 Å². The molecule has 0 aliphatic heterocycles. The maximum Gasteiger partial charge on any atom is 0.416 e. The van der Waals surface area contributed by atoms with Gasteiger partial charge >= 0.3 is 6.18 Å². The van der Waals surface area contributed by atoms with Crippen molar-refractivity contribution in [1.29, 1.82) is 0 Å². The Morgan fingerprint density at radius 1 is 1.20 bits per heavy atom. The quantitative estimate of drug-likeness (QED) is 0.669. The average Bonchev–Trinajstić information content (AvgIpc) is 2.40. The van der Waals surface area contributed by atoms with Crippen LogP contribution in [0.2, 0.25) is 0 Å². The van der Waals surface area contributed by atoms with Crippen molar-refractivity contribution < 1.29 is 13.2 Å². The molecule has 0 N–H and O–H groups in total. The summed E-state index contributed by atoms with van der Waals surface area (Å²) in [5, 5.41) is 0.781. The van der Waals surface area contributed by atoms with Crippen LogP contribution in [0.5, 0.6) is 0 Å². The lowest BCUT2D eigenvalue weighted by Gasteiger charge is -2.09. The van der Waals surface area contributed by atoms with E-state index >= 15 is 0 Å². The summed E-state index contributed by atoms with van der Waals surface area (Å²) in [4.78, 5) is 4.05. The van der Waals surface area contributed by atoms with Crippen LogP contribution < -0.4 is 0 Å². The monoisotopic (exact) mass is 231 g/mol. The molecular weight excluding hydrogens is 223 g/mol. The van der Waals surface area contributed by atoms with E-state index < -0.39 is 11.7 Å². The summed E-state index contributed by atoms with van der Waals surface area (Å²) >= 11 is 1.41. The number of halogens is 3. The fourth-order valence-corrected chi connectivity index (χ4v) is 2.40. The van der Waals surface area contributed by atoms with E-state index in [9.17, 15) is 13.2 Å². The van der Waals surface area contributed by atoms with Crippen molar-refractivity contribution in [1.82, 2.24) is 4.98 Å². The van der Waals surface area contributed by atoms with Gasteiger partial charge in [-0.05, 0) is 31.5 Å². The van der Waals surface area contributed by atoms with Gasteiger partial charge in [0.1, 0.15) is 0 Å². The smallest absolute Gasteiger partial charge is 0.241 e. The first-order valence-electron chi connectivity index (χ1n) is 4.33. The highest BCUT2D eigenvalue weighted by atomic mass is 32.1. The highest BCUT2D eigenvalue weighted by molar-refractivity contribution is 7.18. The molecule has 1 nitrogen and oxygen atoms in total. The van der Waals surface area contributed by atoms with Gasteiger partial charge in [-0.15, -0.1) is 11.3 Å². The Labute approximate surface area is 88.6 Å². The molecule has 0 unspecified atom stereocenters. The molecule has 0 saturated heterocycles. The van der Waals surface area contributed by atoms with E-state index in [0.717, 1.165) is 15.8 Å². The van der Waals surface area contributed by atoms with Crippen molar-refractivity contribution in [2.24, 2.45) is 0 Å². The van der Waals surface area contributed by atoms with E-state index in [1.807, 2.05) is 0 Å². The third-order valence-electron chi connectivity index (χ3n) is 2.15. The summed E-state index contributed by atoms with van der Waals surface area (Å²) in [7, 11) is 0. The summed E-state index contributed by atoms with van der Waals surface area (Å²) in [6.07, 6.45) is -4.30. The molecule has 0 amide bonds. The van der Waals surface area contributed by atoms with E-state index in [1.165, 1.54) is 18.3 Å². The van der Waals surface area contributed by atoms with Gasteiger partial charge in [-0.1, -0.05) is 0 Å². The molecular formula is C10H8F3NS. The predicted molar refractivity (Wildman–Crippen MR) is 54.1 cm³/mol. The number of fused-ring (bicyclic) bond motifs is 1. The lowest BCUT2D eigenvalue weighted by atomic mass is 10.1. The topological polar surface area (TPSA) is 12.9 Å². The van der Waals surface area contributed by atoms with Crippen molar-refractivity contribution in [3.8, 4) is 0 Å². The predicted octanol–water partition coefficient (Wildman–Crippen LogP) is 3.93. The molecule has 80 valence electrons. The molecule has 2 rings (SSSR count). The first kappa shape index (κ1) is 10.4. The van der Waals surface area contributed by atoms with Gasteiger partial charge in [0.25, 0.3) is 0 Å². The van der Waals surface area contributed by atoms with E-state index in [2.05, 4.69) is 4.98 Å². The van der Waals surface area contributed by atoms with Crippen molar-refractivity contribution in [3.63, 3.8) is 0 Å². The van der Waals surface area contributed by atoms with E-state index in [4.69, 9.17) is 0 Å². The zero-order valence-electron chi connectivity index (χ0n) is 8.14. The SMILES string of the molecule is Cc1nc2cc(C(F)(F)F)c(C)cc2s1. The summed E-state index contributed by atoms with van der Waals surface area (Å²) in [5.74, 6) is 0. The molecule has 15 heavy (non-hydrogen) atoms. The molecule has 1 aromatic heterocycles. The van der Waals surface area contributed by atoms with Crippen LogP contribution in [0.15, 0.2) is 12.1 Å². The van der Waals surface area contributed by atoms with Gasteiger partial charge in [-0.2, -0.15) is 13.2 Å². The zero-order chi connectivity index (χ0) is 11.2. The molecule has 1 heterocycles. The fourth-order valence-electron chi connectivity index (χ4n) is 1.50. The van der Waals surface area contributed by atoms with Gasteiger partial charge < -0.3 is 0 Å². The maximum atomic E-state index is 12.6. The van der Waals surface area contributed by atoms with Crippen molar-refractivity contribution in [2.75, 3.05) is 0 Å². The molecule has 2 aromatic rings. The average molecular weight is 231 g/mol. The summed E-state index contributed by atoms with van der Waals surface area (Å²) in [5.41, 5.74) is 0.0781. The second-order valence-electron chi connectivity index (χ2n) is 3.37. The van der Waals surface area contributed by atoms with Crippen molar-refractivity contribution in [2.45, 2.75) is 20.0 Å². The Hall–Kier alpha value is -1.10. The second-order valence-corrected chi connectivity index (χ2v) is 4.60. The minimum absolute atomic E-state index is 0.249. The summed E-state index contributed by atoms with van der Waals surface area (Å²) in [6.45, 7) is 3.25. The molecule has 0 spiro atoms. The van der Waals surface area contributed by atoms with Crippen LogP contribution >= 0.6 is 11.3 Å². The van der Waals surface area contributed by atoms with Crippen LogP contribution in [-0.4, -0.2) is 4.98 Å². The van der Waals surface area contributed by atoms with E-state index in [1.54, 1.807) is 13.0 Å². The van der Waals surface area contributed by atoms with E-state index in [-0.39, 0.29) is 5.56 Å². The van der Waals surface area contributed by atoms with Crippen molar-refractivity contribution >= 4 is 21.6 Å². The number of aryl methyl sites for hydroxylation is 2. The summed E-state index contributed by atoms with van der Waals surface area (Å²) < 4.78 is 38.5. The van der Waals surface area contributed by atoms with Gasteiger partial charge in [-0.3, -0.25) is 0 Å². The number of hydrogen-bond acceptors (Lipinski definition) is 2. The second kappa shape index (κ2) is 3.20. The lowest BCUT2D eigenvalue weighted by molar-refractivity contribution is -0.137. The number of aromatic nitrogens is 1. The van der Waals surface area contributed by atoms with Gasteiger partial charge in [0.2, 0.25) is 0 Å². The fraction of sp³-hybridized carbons (Fsp3) is 0.300. The Balaban J connectivity index is 2.72. The normalized spacial score (nSPS) is 12.3. The summed E-state index contributed by atoms with van der Waals surface area (Å²) in [6, 6.07) is 2.66. The van der Waals surface area contributed by atoms with Gasteiger partial charge in [-0.25, -0.2) is 4.98 Å². The van der Waals surface area contributed by atoms with Crippen LogP contribution in [0.1, 0.15) is 16.1 Å². The number of hydrogen-bond donors (Lipinski definition) is 0. The molecule has 0 saturated carbocycles. The first-order chi connectivity index (χ1) is 6.88. The van der Waals surface area contributed by atoms with Crippen LogP contribution in [0.25, 0.3) is 10.2 Å².